The number of fused-ring (bicyclic) bond motifs is 1. The van der Waals surface area contributed by atoms with E-state index in [0.29, 0.717) is 17.6 Å². The van der Waals surface area contributed by atoms with Crippen molar-refractivity contribution in [3.05, 3.63) is 41.7 Å². The third-order valence-electron chi connectivity index (χ3n) is 3.92. The highest BCUT2D eigenvalue weighted by Crippen LogP contribution is 2.43. The highest BCUT2D eigenvalue weighted by Gasteiger charge is 2.39. The second-order valence-corrected chi connectivity index (χ2v) is 5.54. The second kappa shape index (κ2) is 4.44. The van der Waals surface area contributed by atoms with Crippen LogP contribution in [0.3, 0.4) is 0 Å². The Bertz CT molecular complexity index is 792. The van der Waals surface area contributed by atoms with Gasteiger partial charge in [0.1, 0.15) is 5.52 Å². The fourth-order valence-corrected chi connectivity index (χ4v) is 2.67. The first-order chi connectivity index (χ1) is 10.2. The maximum absolute atomic E-state index is 5.73. The molecule has 2 atom stereocenters. The zero-order chi connectivity index (χ0) is 14.4. The van der Waals surface area contributed by atoms with Crippen LogP contribution in [0.5, 0.6) is 0 Å². The van der Waals surface area contributed by atoms with Crippen molar-refractivity contribution in [3.8, 4) is 0 Å². The van der Waals surface area contributed by atoms with E-state index in [-0.39, 0.29) is 5.95 Å². The van der Waals surface area contributed by atoms with E-state index in [4.69, 9.17) is 5.73 Å². The lowest BCUT2D eigenvalue weighted by Gasteiger charge is -2.07. The lowest BCUT2D eigenvalue weighted by molar-refractivity contribution is 1.03. The molecule has 0 saturated heterocycles. The first-order valence-corrected chi connectivity index (χ1v) is 7.00. The van der Waals surface area contributed by atoms with Gasteiger partial charge in [-0.3, -0.25) is 0 Å². The molecule has 2 heterocycles. The molecule has 106 valence electrons. The summed E-state index contributed by atoms with van der Waals surface area (Å²) in [7, 11) is 0. The van der Waals surface area contributed by atoms with E-state index in [2.05, 4.69) is 56.4 Å². The fraction of sp³-hybridized carbons (Fsp3) is 0.267. The number of aromatic nitrogens is 4. The number of imidazole rings is 1. The summed E-state index contributed by atoms with van der Waals surface area (Å²) < 4.78 is 0. The minimum Gasteiger partial charge on any atom is -0.368 e. The number of nitrogens with two attached hydrogens (primary N) is 1. The number of anilines is 2. The molecule has 1 saturated carbocycles. The monoisotopic (exact) mass is 280 g/mol. The zero-order valence-corrected chi connectivity index (χ0v) is 11.7. The molecule has 6 nitrogen and oxygen atoms in total. The summed E-state index contributed by atoms with van der Waals surface area (Å²) in [5.74, 6) is 1.50. The van der Waals surface area contributed by atoms with Crippen molar-refractivity contribution >= 4 is 22.9 Å². The van der Waals surface area contributed by atoms with Gasteiger partial charge >= 0.3 is 0 Å². The van der Waals surface area contributed by atoms with Crippen LogP contribution < -0.4 is 11.1 Å². The third-order valence-corrected chi connectivity index (χ3v) is 3.92. The van der Waals surface area contributed by atoms with Crippen LogP contribution in [0.1, 0.15) is 23.5 Å². The average Bonchev–Trinajstić information content (AvgIpc) is 3.05. The summed E-state index contributed by atoms with van der Waals surface area (Å²) in [5, 5.41) is 3.45. The molecule has 4 N–H and O–H groups in total. The van der Waals surface area contributed by atoms with Gasteiger partial charge < -0.3 is 16.0 Å². The molecule has 2 aromatic heterocycles. The Hall–Kier alpha value is -2.63. The minimum atomic E-state index is 0.240. The van der Waals surface area contributed by atoms with Crippen LogP contribution in [0.2, 0.25) is 0 Å². The number of H-pyrrole nitrogens is 1. The number of nitrogen functional groups attached to an aromatic ring is 1. The van der Waals surface area contributed by atoms with E-state index < -0.39 is 0 Å². The van der Waals surface area contributed by atoms with Gasteiger partial charge in [0.25, 0.3) is 0 Å². The van der Waals surface area contributed by atoms with Gasteiger partial charge in [0.15, 0.2) is 11.5 Å². The lowest BCUT2D eigenvalue weighted by atomic mass is 10.1. The number of benzene rings is 1. The molecule has 0 aliphatic heterocycles. The van der Waals surface area contributed by atoms with E-state index in [9.17, 15) is 0 Å². The van der Waals surface area contributed by atoms with Crippen molar-refractivity contribution in [1.82, 2.24) is 19.9 Å². The van der Waals surface area contributed by atoms with Crippen molar-refractivity contribution < 1.29 is 0 Å². The van der Waals surface area contributed by atoms with Gasteiger partial charge in [-0.2, -0.15) is 9.97 Å². The van der Waals surface area contributed by atoms with Gasteiger partial charge in [-0.05, 0) is 18.9 Å². The Morgan fingerprint density at radius 1 is 1.24 bits per heavy atom. The number of nitrogens with one attached hydrogen (secondary N) is 2. The molecule has 6 heteroatoms. The number of rotatable bonds is 3. The van der Waals surface area contributed by atoms with Crippen LogP contribution in [-0.2, 0) is 0 Å². The quantitative estimate of drug-likeness (QED) is 0.684. The van der Waals surface area contributed by atoms with Crippen LogP contribution in [0.15, 0.2) is 30.6 Å². The Balaban J connectivity index is 1.57. The molecule has 0 bridgehead atoms. The standard InChI is InChI=1S/C15H16N6/c1-8-2-4-9(5-3-8)10-6-11(10)19-14-12-13(18-7-17-12)20-15(16)21-14/h2-5,7,10-11H,6H2,1H3,(H4,16,17,18,19,20,21)/t10-,11+/m0/s1. The van der Waals surface area contributed by atoms with Crippen LogP contribution in [0, 0.1) is 6.92 Å². The van der Waals surface area contributed by atoms with Crippen molar-refractivity contribution in [1.29, 1.82) is 0 Å². The predicted molar refractivity (Wildman–Crippen MR) is 82.0 cm³/mol. The van der Waals surface area contributed by atoms with Crippen LogP contribution in [-0.4, -0.2) is 26.0 Å². The van der Waals surface area contributed by atoms with Crippen molar-refractivity contribution in [2.45, 2.75) is 25.3 Å². The number of hydrogen-bond donors (Lipinski definition) is 3. The molecule has 1 fully saturated rings. The predicted octanol–water partition coefficient (Wildman–Crippen LogP) is 2.21. The SMILES string of the molecule is Cc1ccc([C@@H]2C[C@H]2Nc2nc(N)nc3nc[nH]c23)cc1. The Morgan fingerprint density at radius 2 is 2.05 bits per heavy atom. The molecule has 3 aromatic rings. The summed E-state index contributed by atoms with van der Waals surface area (Å²) in [6.45, 7) is 2.10. The highest BCUT2D eigenvalue weighted by atomic mass is 15.2. The van der Waals surface area contributed by atoms with Crippen LogP contribution in [0.4, 0.5) is 11.8 Å². The molecule has 1 aliphatic rings. The summed E-state index contributed by atoms with van der Waals surface area (Å²) in [5.41, 5.74) is 9.77. The van der Waals surface area contributed by atoms with Crippen LogP contribution >= 0.6 is 0 Å². The molecule has 0 amide bonds. The summed E-state index contributed by atoms with van der Waals surface area (Å²) in [6.07, 6.45) is 2.71. The number of aryl methyl sites for hydroxylation is 1. The van der Waals surface area contributed by atoms with Crippen molar-refractivity contribution in [2.75, 3.05) is 11.1 Å². The van der Waals surface area contributed by atoms with Gasteiger partial charge in [-0.1, -0.05) is 29.8 Å². The van der Waals surface area contributed by atoms with Gasteiger partial charge in [0, 0.05) is 12.0 Å². The lowest BCUT2D eigenvalue weighted by Crippen LogP contribution is -2.08. The topological polar surface area (TPSA) is 92.5 Å². The van der Waals surface area contributed by atoms with E-state index in [1.807, 2.05) is 0 Å². The van der Waals surface area contributed by atoms with Crippen LogP contribution in [0.25, 0.3) is 11.2 Å². The Kier molecular flexibility index (Phi) is 2.57. The molecular weight excluding hydrogens is 264 g/mol. The van der Waals surface area contributed by atoms with E-state index >= 15 is 0 Å². The molecule has 0 radical (unpaired) electrons. The van der Waals surface area contributed by atoms with E-state index in [1.165, 1.54) is 11.1 Å². The highest BCUT2D eigenvalue weighted by molar-refractivity contribution is 5.83. The summed E-state index contributed by atoms with van der Waals surface area (Å²) in [6, 6.07) is 9.08. The number of nitrogens with zero attached hydrogens (tertiary/aromatic N) is 3. The maximum Gasteiger partial charge on any atom is 0.224 e. The molecule has 4 rings (SSSR count). The molecule has 21 heavy (non-hydrogen) atoms. The average molecular weight is 280 g/mol. The molecular formula is C15H16N6. The molecule has 1 aromatic carbocycles. The van der Waals surface area contributed by atoms with Crippen molar-refractivity contribution in [3.63, 3.8) is 0 Å². The van der Waals surface area contributed by atoms with E-state index in [0.717, 1.165) is 17.8 Å². The van der Waals surface area contributed by atoms with Crippen molar-refractivity contribution in [2.24, 2.45) is 0 Å². The zero-order valence-electron chi connectivity index (χ0n) is 11.7. The molecule has 0 spiro atoms. The number of aromatic amines is 1. The summed E-state index contributed by atoms with van der Waals surface area (Å²) >= 11 is 0. The van der Waals surface area contributed by atoms with E-state index in [1.54, 1.807) is 6.33 Å². The van der Waals surface area contributed by atoms with Gasteiger partial charge in [-0.15, -0.1) is 0 Å². The first-order valence-electron chi connectivity index (χ1n) is 7.00. The number of hydrogen-bond acceptors (Lipinski definition) is 5. The van der Waals surface area contributed by atoms with Gasteiger partial charge in [-0.25, -0.2) is 4.98 Å². The fourth-order valence-electron chi connectivity index (χ4n) is 2.67. The van der Waals surface area contributed by atoms with Gasteiger partial charge in [0.2, 0.25) is 5.95 Å². The summed E-state index contributed by atoms with van der Waals surface area (Å²) in [4.78, 5) is 15.6. The molecule has 0 unspecified atom stereocenters. The Morgan fingerprint density at radius 3 is 2.86 bits per heavy atom. The van der Waals surface area contributed by atoms with Gasteiger partial charge in [0.05, 0.1) is 6.33 Å². The minimum absolute atomic E-state index is 0.240. The third kappa shape index (κ3) is 2.18. The smallest absolute Gasteiger partial charge is 0.224 e. The first kappa shape index (κ1) is 12.1. The molecule has 1 aliphatic carbocycles. The Labute approximate surface area is 121 Å². The maximum atomic E-state index is 5.73. The normalized spacial score (nSPS) is 20.6. The largest absolute Gasteiger partial charge is 0.368 e. The second-order valence-electron chi connectivity index (χ2n) is 5.54.